The first kappa shape index (κ1) is 19.7. The minimum atomic E-state index is -0.527. The smallest absolute Gasteiger partial charge is 0.410 e. The minimum Gasteiger partial charge on any atom is -0.410 e. The van der Waals surface area contributed by atoms with Crippen LogP contribution in [0.1, 0.15) is 24.5 Å². The van der Waals surface area contributed by atoms with Crippen molar-refractivity contribution in [2.75, 3.05) is 13.1 Å². The average Bonchev–Trinajstić information content (AvgIpc) is 2.63. The van der Waals surface area contributed by atoms with E-state index in [2.05, 4.69) is 11.2 Å². The predicted molar refractivity (Wildman–Crippen MR) is 85.7 cm³/mol. The Morgan fingerprint density at radius 1 is 1.28 bits per heavy atom. The van der Waals surface area contributed by atoms with Crippen LogP contribution < -0.4 is 4.74 Å². The van der Waals surface area contributed by atoms with Gasteiger partial charge in [0.2, 0.25) is 0 Å². The molecule has 1 aliphatic heterocycles. The molecule has 7 nitrogen and oxygen atoms in total. The topological polar surface area (TPSA) is 85.6 Å². The van der Waals surface area contributed by atoms with Crippen molar-refractivity contribution in [3.05, 3.63) is 64.5 Å². The van der Waals surface area contributed by atoms with Gasteiger partial charge in [-0.15, -0.1) is 6.07 Å². The maximum Gasteiger partial charge on any atom is 0.415 e. The van der Waals surface area contributed by atoms with Crippen LogP contribution in [0.4, 0.5) is 10.5 Å². The van der Waals surface area contributed by atoms with Crippen LogP contribution >= 0.6 is 0 Å². The van der Waals surface area contributed by atoms with Gasteiger partial charge in [-0.25, -0.2) is 4.79 Å². The first-order valence-electron chi connectivity index (χ1n) is 7.68. The molecule has 3 rings (SSSR count). The molecule has 25 heavy (non-hydrogen) atoms. The van der Waals surface area contributed by atoms with Gasteiger partial charge in [-0.3, -0.25) is 10.1 Å². The summed E-state index contributed by atoms with van der Waals surface area (Å²) in [4.78, 5) is 28.1. The fraction of sp³-hybridized carbons (Fsp3) is 0.294. The number of hydrogen-bond donors (Lipinski definition) is 0. The molecule has 0 bridgehead atoms. The molecule has 2 heterocycles. The second-order valence-corrected chi connectivity index (χ2v) is 5.59. The van der Waals surface area contributed by atoms with Crippen molar-refractivity contribution in [2.24, 2.45) is 0 Å². The van der Waals surface area contributed by atoms with E-state index >= 15 is 0 Å². The predicted octanol–water partition coefficient (Wildman–Crippen LogP) is 3.17. The van der Waals surface area contributed by atoms with Gasteiger partial charge in [-0.2, -0.15) is 0 Å². The van der Waals surface area contributed by atoms with Gasteiger partial charge in [0.25, 0.3) is 0 Å². The molecule has 1 atom stereocenters. The molecule has 1 amide bonds. The third kappa shape index (κ3) is 5.19. The number of carbonyl (C=O) groups excluding carboxylic acids is 1. The normalized spacial score (nSPS) is 16.6. The van der Waals surface area contributed by atoms with Crippen molar-refractivity contribution in [1.29, 1.82) is 0 Å². The number of para-hydroxylation sites is 1. The number of benzene rings is 1. The van der Waals surface area contributed by atoms with Gasteiger partial charge in [0.1, 0.15) is 5.75 Å². The van der Waals surface area contributed by atoms with Crippen molar-refractivity contribution in [1.82, 2.24) is 9.88 Å². The number of amides is 1. The third-order valence-corrected chi connectivity index (χ3v) is 3.95. The molecule has 2 aromatic rings. The number of carbonyl (C=O) groups is 1. The van der Waals surface area contributed by atoms with Crippen LogP contribution in [0.5, 0.6) is 5.75 Å². The SMILES string of the molecule is O=C(Oc1ccccc1)N1CCCC(c2ccc([N+](=O)[O-])[c-]n2)C1.[Pr]. The molecular formula is C17H16N3O4Pr-. The Hall–Kier alpha value is -1.60. The molecule has 0 spiro atoms. The number of nitro groups is 1. The fourth-order valence-corrected chi connectivity index (χ4v) is 2.73. The summed E-state index contributed by atoms with van der Waals surface area (Å²) < 4.78 is 5.36. The fourth-order valence-electron chi connectivity index (χ4n) is 2.73. The van der Waals surface area contributed by atoms with Crippen LogP contribution in [0.2, 0.25) is 0 Å². The monoisotopic (exact) mass is 467 g/mol. The zero-order valence-corrected chi connectivity index (χ0v) is 17.2. The summed E-state index contributed by atoms with van der Waals surface area (Å²) in [6, 6.07) is 11.9. The Balaban J connectivity index is 0.00000225. The zero-order valence-electron chi connectivity index (χ0n) is 13.5. The van der Waals surface area contributed by atoms with Crippen LogP contribution in [0.15, 0.2) is 42.5 Å². The number of nitrogens with zero attached hydrogens (tertiary/aromatic N) is 3. The van der Waals surface area contributed by atoms with Crippen LogP contribution in [0.25, 0.3) is 0 Å². The molecule has 8 heteroatoms. The Morgan fingerprint density at radius 2 is 2.04 bits per heavy atom. The number of ether oxygens (including phenoxy) is 1. The molecule has 1 aromatic heterocycles. The molecule has 1 aromatic carbocycles. The summed E-state index contributed by atoms with van der Waals surface area (Å²) in [5.41, 5.74) is 0.549. The van der Waals surface area contributed by atoms with Crippen LogP contribution in [0.3, 0.4) is 0 Å². The standard InChI is InChI=1S/C17H16N3O4.Pr/c21-17(24-15-6-2-1-3-7-15)19-10-4-5-13(12-19)16-9-8-14(11-18-16)20(22)23;/h1-3,6-9,13H,4-5,10,12H2;/q-1;. The van der Waals surface area contributed by atoms with Gasteiger partial charge in [0.15, 0.2) is 5.69 Å². The van der Waals surface area contributed by atoms with Gasteiger partial charge in [-0.05, 0) is 24.5 Å². The van der Waals surface area contributed by atoms with E-state index in [4.69, 9.17) is 4.74 Å². The summed E-state index contributed by atoms with van der Waals surface area (Å²) in [6.45, 7) is 1.10. The van der Waals surface area contributed by atoms with E-state index in [0.717, 1.165) is 12.8 Å². The molecule has 1 unspecified atom stereocenters. The van der Waals surface area contributed by atoms with Crippen molar-refractivity contribution in [3.63, 3.8) is 0 Å². The summed E-state index contributed by atoms with van der Waals surface area (Å²) in [5.74, 6) is 0.533. The molecule has 1 aliphatic rings. The average molecular weight is 467 g/mol. The van der Waals surface area contributed by atoms with Crippen LogP contribution in [-0.4, -0.2) is 34.0 Å². The van der Waals surface area contributed by atoms with E-state index in [-0.39, 0.29) is 52.9 Å². The third-order valence-electron chi connectivity index (χ3n) is 3.95. The first-order chi connectivity index (χ1) is 11.6. The van der Waals surface area contributed by atoms with Gasteiger partial charge in [0, 0.05) is 65.5 Å². The maximum absolute atomic E-state index is 12.3. The molecule has 1 fully saturated rings. The second-order valence-electron chi connectivity index (χ2n) is 5.59. The summed E-state index contributed by atoms with van der Waals surface area (Å²) >= 11 is 0. The van der Waals surface area contributed by atoms with E-state index in [1.807, 2.05) is 6.07 Å². The number of piperidine rings is 1. The van der Waals surface area contributed by atoms with E-state index in [9.17, 15) is 14.9 Å². The Labute approximate surface area is 178 Å². The molecular weight excluding hydrogens is 451 g/mol. The number of rotatable bonds is 3. The van der Waals surface area contributed by atoms with Crippen LogP contribution in [-0.2, 0) is 0 Å². The largest absolute Gasteiger partial charge is 0.415 e. The number of pyridine rings is 1. The Bertz CT molecular complexity index is 724. The van der Waals surface area contributed by atoms with Crippen molar-refractivity contribution in [3.8, 4) is 5.75 Å². The van der Waals surface area contributed by atoms with Gasteiger partial charge >= 0.3 is 6.09 Å². The molecule has 1 saturated heterocycles. The van der Waals surface area contributed by atoms with Gasteiger partial charge in [0.05, 0.1) is 0 Å². The summed E-state index contributed by atoms with van der Waals surface area (Å²) in [5, 5.41) is 10.7. The number of hydrogen-bond acceptors (Lipinski definition) is 5. The molecule has 1 radical (unpaired) electrons. The summed E-state index contributed by atoms with van der Waals surface area (Å²) in [7, 11) is 0. The first-order valence-corrected chi connectivity index (χ1v) is 7.68. The van der Waals surface area contributed by atoms with E-state index in [1.165, 1.54) is 6.07 Å². The van der Waals surface area contributed by atoms with Crippen molar-refractivity contribution in [2.45, 2.75) is 18.8 Å². The van der Waals surface area contributed by atoms with E-state index in [1.54, 1.807) is 35.2 Å². The minimum absolute atomic E-state index is 0. The number of aromatic nitrogens is 1. The Kier molecular flexibility index (Phi) is 7.26. The number of likely N-dealkylation sites (tertiary alicyclic amines) is 1. The molecule has 0 saturated carbocycles. The Morgan fingerprint density at radius 3 is 2.68 bits per heavy atom. The maximum atomic E-state index is 12.3. The molecule has 127 valence electrons. The van der Waals surface area contributed by atoms with E-state index in [0.29, 0.717) is 24.5 Å². The van der Waals surface area contributed by atoms with Crippen molar-refractivity contribution < 1.29 is 55.7 Å². The molecule has 0 N–H and O–H groups in total. The van der Waals surface area contributed by atoms with Crippen molar-refractivity contribution >= 4 is 11.8 Å². The van der Waals surface area contributed by atoms with Crippen LogP contribution in [0, 0.1) is 57.6 Å². The quantitative estimate of drug-likeness (QED) is 0.394. The zero-order chi connectivity index (χ0) is 16.9. The van der Waals surface area contributed by atoms with E-state index < -0.39 is 11.0 Å². The van der Waals surface area contributed by atoms with Gasteiger partial charge in [-0.1, -0.05) is 36.4 Å². The second kappa shape index (κ2) is 9.20. The summed E-state index contributed by atoms with van der Waals surface area (Å²) in [6.07, 6.45) is 3.74. The van der Waals surface area contributed by atoms with Gasteiger partial charge < -0.3 is 14.6 Å². The molecule has 0 aliphatic carbocycles.